The summed E-state index contributed by atoms with van der Waals surface area (Å²) >= 11 is 5.13. The summed E-state index contributed by atoms with van der Waals surface area (Å²) in [5.41, 5.74) is 1.06. The molecule has 0 aliphatic carbocycles. The number of piperazine rings is 1. The molecule has 1 fully saturated rings. The van der Waals surface area contributed by atoms with Crippen LogP contribution in [-0.4, -0.2) is 48.2 Å². The van der Waals surface area contributed by atoms with Gasteiger partial charge in [0.25, 0.3) is 0 Å². The summed E-state index contributed by atoms with van der Waals surface area (Å²) in [6.45, 7) is 3.13. The number of thiophene rings is 1. The Balaban J connectivity index is 1.39. The first-order chi connectivity index (χ1) is 12.7. The van der Waals surface area contributed by atoms with Gasteiger partial charge in [0.1, 0.15) is 0 Å². The molecule has 0 atom stereocenters. The fourth-order valence-electron chi connectivity index (χ4n) is 2.92. The molecule has 0 spiro atoms. The maximum absolute atomic E-state index is 12.4. The topological polar surface area (TPSA) is 36.4 Å². The van der Waals surface area contributed by atoms with E-state index >= 15 is 0 Å². The van der Waals surface area contributed by atoms with E-state index in [-0.39, 0.29) is 5.91 Å². The summed E-state index contributed by atoms with van der Waals surface area (Å²) in [7, 11) is 0. The van der Waals surface area contributed by atoms with Crippen LogP contribution in [0, 0.1) is 0 Å². The number of carbonyl (C=O) groups is 1. The first-order valence-corrected chi connectivity index (χ1v) is 11.3. The smallest absolute Gasteiger partial charge is 0.246 e. The molecule has 1 saturated heterocycles. The van der Waals surface area contributed by atoms with Crippen molar-refractivity contribution >= 4 is 61.8 Å². The molecule has 0 unspecified atom stereocenters. The van der Waals surface area contributed by atoms with Gasteiger partial charge in [-0.2, -0.15) is 0 Å². The number of nitrogens with zero attached hydrogens (tertiary/aromatic N) is 3. The molecular weight excluding hydrogens is 382 g/mol. The van der Waals surface area contributed by atoms with Gasteiger partial charge in [0.15, 0.2) is 5.13 Å². The van der Waals surface area contributed by atoms with Crippen LogP contribution in [0.1, 0.15) is 4.88 Å². The Kier molecular flexibility index (Phi) is 5.28. The molecule has 3 heterocycles. The molecule has 1 amide bonds. The summed E-state index contributed by atoms with van der Waals surface area (Å²) < 4.78 is 1.23. The number of fused-ring (bicyclic) bond motifs is 1. The minimum atomic E-state index is 0.0898. The van der Waals surface area contributed by atoms with Crippen molar-refractivity contribution in [3.05, 3.63) is 46.7 Å². The zero-order chi connectivity index (χ0) is 17.9. The molecule has 0 radical (unpaired) electrons. The van der Waals surface area contributed by atoms with Crippen molar-refractivity contribution < 1.29 is 4.79 Å². The van der Waals surface area contributed by atoms with Gasteiger partial charge >= 0.3 is 0 Å². The number of hydrogen-bond donors (Lipinski definition) is 0. The third-order valence-electron chi connectivity index (χ3n) is 4.38. The van der Waals surface area contributed by atoms with E-state index in [1.807, 2.05) is 28.5 Å². The molecule has 1 aromatic carbocycles. The van der Waals surface area contributed by atoms with Crippen molar-refractivity contribution in [3.8, 4) is 0 Å². The zero-order valence-corrected chi connectivity index (χ0v) is 16.9. The number of thiazole rings is 1. The van der Waals surface area contributed by atoms with Gasteiger partial charge in [-0.1, -0.05) is 17.4 Å². The Bertz CT molecular complexity index is 925. The van der Waals surface area contributed by atoms with Crippen molar-refractivity contribution in [2.24, 2.45) is 0 Å². The Morgan fingerprint density at radius 2 is 2.08 bits per heavy atom. The van der Waals surface area contributed by atoms with E-state index in [1.54, 1.807) is 40.5 Å². The summed E-state index contributed by atoms with van der Waals surface area (Å²) in [6.07, 6.45) is 5.67. The normalized spacial score (nSPS) is 15.3. The Morgan fingerprint density at radius 3 is 2.81 bits per heavy atom. The first-order valence-electron chi connectivity index (χ1n) is 8.43. The van der Waals surface area contributed by atoms with E-state index in [1.165, 1.54) is 9.60 Å². The van der Waals surface area contributed by atoms with Crippen molar-refractivity contribution in [1.29, 1.82) is 0 Å². The molecule has 0 saturated carbocycles. The van der Waals surface area contributed by atoms with Crippen molar-refractivity contribution in [2.75, 3.05) is 37.3 Å². The van der Waals surface area contributed by atoms with Crippen LogP contribution in [0.15, 0.2) is 46.7 Å². The van der Waals surface area contributed by atoms with Crippen LogP contribution < -0.4 is 4.90 Å². The van der Waals surface area contributed by atoms with Crippen LogP contribution in [0.25, 0.3) is 16.3 Å². The molecule has 7 heteroatoms. The lowest BCUT2D eigenvalue weighted by molar-refractivity contribution is -0.126. The molecule has 134 valence electrons. The SMILES string of the molecule is CSc1ccc2nc(N3CCN(C(=O)/C=C/c4cccs4)CC3)sc2c1. The van der Waals surface area contributed by atoms with E-state index in [9.17, 15) is 4.79 Å². The highest BCUT2D eigenvalue weighted by Crippen LogP contribution is 2.32. The van der Waals surface area contributed by atoms with Crippen LogP contribution in [0.5, 0.6) is 0 Å². The lowest BCUT2D eigenvalue weighted by Crippen LogP contribution is -2.48. The fourth-order valence-corrected chi connectivity index (χ4v) is 5.11. The number of anilines is 1. The van der Waals surface area contributed by atoms with Gasteiger partial charge in [0.2, 0.25) is 5.91 Å². The lowest BCUT2D eigenvalue weighted by Gasteiger charge is -2.34. The maximum atomic E-state index is 12.4. The van der Waals surface area contributed by atoms with Crippen LogP contribution >= 0.6 is 34.4 Å². The fraction of sp³-hybridized carbons (Fsp3) is 0.263. The molecule has 1 aliphatic rings. The van der Waals surface area contributed by atoms with Gasteiger partial charge in [0, 0.05) is 42.0 Å². The zero-order valence-electron chi connectivity index (χ0n) is 14.4. The Labute approximate surface area is 165 Å². The average molecular weight is 402 g/mol. The average Bonchev–Trinajstić information content (AvgIpc) is 3.35. The van der Waals surface area contributed by atoms with E-state index in [0.717, 1.165) is 41.7 Å². The number of carbonyl (C=O) groups excluding carboxylic acids is 1. The number of rotatable bonds is 4. The van der Waals surface area contributed by atoms with Crippen molar-refractivity contribution in [2.45, 2.75) is 4.90 Å². The third-order valence-corrected chi connectivity index (χ3v) is 7.02. The monoisotopic (exact) mass is 401 g/mol. The number of aromatic nitrogens is 1. The summed E-state index contributed by atoms with van der Waals surface area (Å²) in [5, 5.41) is 3.07. The van der Waals surface area contributed by atoms with Crippen molar-refractivity contribution in [1.82, 2.24) is 9.88 Å². The Morgan fingerprint density at radius 1 is 1.23 bits per heavy atom. The van der Waals surface area contributed by atoms with E-state index in [2.05, 4.69) is 29.4 Å². The molecule has 0 N–H and O–H groups in total. The highest BCUT2D eigenvalue weighted by Gasteiger charge is 2.22. The van der Waals surface area contributed by atoms with Crippen molar-refractivity contribution in [3.63, 3.8) is 0 Å². The Hall–Kier alpha value is -1.83. The molecule has 1 aliphatic heterocycles. The van der Waals surface area contributed by atoms with E-state index < -0.39 is 0 Å². The molecule has 3 aromatic rings. The highest BCUT2D eigenvalue weighted by molar-refractivity contribution is 7.98. The number of amides is 1. The predicted molar refractivity (Wildman–Crippen MR) is 114 cm³/mol. The molecule has 4 rings (SSSR count). The first kappa shape index (κ1) is 17.6. The van der Waals surface area contributed by atoms with Crippen LogP contribution in [0.4, 0.5) is 5.13 Å². The molecule has 2 aromatic heterocycles. The van der Waals surface area contributed by atoms with Crippen LogP contribution in [0.2, 0.25) is 0 Å². The molecule has 4 nitrogen and oxygen atoms in total. The maximum Gasteiger partial charge on any atom is 0.246 e. The van der Waals surface area contributed by atoms with Crippen LogP contribution in [0.3, 0.4) is 0 Å². The molecule has 26 heavy (non-hydrogen) atoms. The predicted octanol–water partition coefficient (Wildman–Crippen LogP) is 4.44. The number of hydrogen-bond acceptors (Lipinski definition) is 6. The lowest BCUT2D eigenvalue weighted by atomic mass is 10.3. The molecular formula is C19H19N3OS3. The second-order valence-electron chi connectivity index (χ2n) is 5.99. The number of thioether (sulfide) groups is 1. The summed E-state index contributed by atoms with van der Waals surface area (Å²) in [6, 6.07) is 10.4. The standard InChI is InChI=1S/C19H19N3OS3/c1-24-15-4-6-16-17(13-15)26-19(20-16)22-10-8-21(9-11-22)18(23)7-5-14-3-2-12-25-14/h2-7,12-13H,8-11H2,1H3/b7-5+. The summed E-state index contributed by atoms with van der Waals surface area (Å²) in [4.78, 5) is 23.7. The quantitative estimate of drug-likeness (QED) is 0.478. The van der Waals surface area contributed by atoms with Gasteiger partial charge in [-0.05, 0) is 42.0 Å². The minimum Gasteiger partial charge on any atom is -0.345 e. The highest BCUT2D eigenvalue weighted by atomic mass is 32.2. The number of benzene rings is 1. The van der Waals surface area contributed by atoms with E-state index in [0.29, 0.717) is 0 Å². The summed E-state index contributed by atoms with van der Waals surface area (Å²) in [5.74, 6) is 0.0898. The minimum absolute atomic E-state index is 0.0898. The van der Waals surface area contributed by atoms with Gasteiger partial charge in [-0.25, -0.2) is 4.98 Å². The second kappa shape index (κ2) is 7.82. The van der Waals surface area contributed by atoms with Gasteiger partial charge in [-0.3, -0.25) is 4.79 Å². The largest absolute Gasteiger partial charge is 0.345 e. The van der Waals surface area contributed by atoms with E-state index in [4.69, 9.17) is 4.98 Å². The van der Waals surface area contributed by atoms with Gasteiger partial charge in [-0.15, -0.1) is 23.1 Å². The second-order valence-corrected chi connectivity index (χ2v) is 8.86. The van der Waals surface area contributed by atoms with Gasteiger partial charge in [0.05, 0.1) is 10.2 Å². The van der Waals surface area contributed by atoms with Crippen LogP contribution in [-0.2, 0) is 4.79 Å². The third kappa shape index (κ3) is 3.79. The van der Waals surface area contributed by atoms with Gasteiger partial charge < -0.3 is 9.80 Å². The molecule has 0 bridgehead atoms.